The molecule has 1 saturated heterocycles. The summed E-state index contributed by atoms with van der Waals surface area (Å²) in [5.74, 6) is 0.0911. The third kappa shape index (κ3) is 5.24. The third-order valence-corrected chi connectivity index (χ3v) is 5.80. The predicted octanol–water partition coefficient (Wildman–Crippen LogP) is 2.88. The Hall–Kier alpha value is -2.66. The summed E-state index contributed by atoms with van der Waals surface area (Å²) in [4.78, 5) is 29.2. The zero-order valence-electron chi connectivity index (χ0n) is 17.5. The summed E-state index contributed by atoms with van der Waals surface area (Å²) in [6, 6.07) is 20.4. The van der Waals surface area contributed by atoms with E-state index in [0.29, 0.717) is 13.1 Å². The van der Waals surface area contributed by atoms with Gasteiger partial charge in [0, 0.05) is 38.6 Å². The van der Waals surface area contributed by atoms with Crippen molar-refractivity contribution in [3.63, 3.8) is 0 Å². The van der Waals surface area contributed by atoms with Crippen LogP contribution in [0.15, 0.2) is 60.7 Å². The minimum Gasteiger partial charge on any atom is -0.353 e. The van der Waals surface area contributed by atoms with Crippen molar-refractivity contribution in [2.75, 3.05) is 26.7 Å². The lowest BCUT2D eigenvalue weighted by molar-refractivity contribution is -0.139. The normalized spacial score (nSPS) is 17.4. The Morgan fingerprint density at radius 3 is 2.14 bits per heavy atom. The Bertz CT molecular complexity index is 768. The molecule has 2 aromatic rings. The lowest BCUT2D eigenvalue weighted by atomic mass is 9.90. The Morgan fingerprint density at radius 2 is 1.62 bits per heavy atom. The molecule has 1 atom stereocenters. The summed E-state index contributed by atoms with van der Waals surface area (Å²) in [5, 5.41) is 2.94. The number of benzene rings is 2. The van der Waals surface area contributed by atoms with E-state index in [1.54, 1.807) is 11.9 Å². The van der Waals surface area contributed by atoms with Crippen molar-refractivity contribution in [1.82, 2.24) is 15.1 Å². The van der Waals surface area contributed by atoms with E-state index in [2.05, 4.69) is 34.5 Å². The van der Waals surface area contributed by atoms with E-state index in [4.69, 9.17) is 0 Å². The highest BCUT2D eigenvalue weighted by atomic mass is 16.2. The van der Waals surface area contributed by atoms with E-state index in [9.17, 15) is 9.59 Å². The summed E-state index contributed by atoms with van der Waals surface area (Å²) in [6.45, 7) is 6.02. The van der Waals surface area contributed by atoms with Crippen LogP contribution in [0.1, 0.15) is 37.3 Å². The van der Waals surface area contributed by atoms with Crippen LogP contribution in [-0.2, 0) is 9.59 Å². The number of nitrogens with one attached hydrogen (secondary N) is 1. The standard InChI is InChI=1S/C24H31N3O2/c1-18(2)26(3)23(28)16-22-24(29)25-14-15-27(22)17-21(19-10-6-4-7-11-19)20-12-8-5-9-13-20/h4-13,18,21-22H,14-17H2,1-3H3,(H,25,29)/t22-/m1/s1. The maximum atomic E-state index is 12.7. The first-order chi connectivity index (χ1) is 14.0. The lowest BCUT2D eigenvalue weighted by Gasteiger charge is -2.38. The fourth-order valence-corrected chi connectivity index (χ4v) is 3.81. The van der Waals surface area contributed by atoms with E-state index in [-0.39, 0.29) is 30.2 Å². The van der Waals surface area contributed by atoms with Gasteiger partial charge in [0.2, 0.25) is 11.8 Å². The van der Waals surface area contributed by atoms with Gasteiger partial charge in [-0.1, -0.05) is 60.7 Å². The maximum absolute atomic E-state index is 12.7. The maximum Gasteiger partial charge on any atom is 0.237 e. The highest BCUT2D eigenvalue weighted by Gasteiger charge is 2.34. The van der Waals surface area contributed by atoms with Gasteiger partial charge in [0.25, 0.3) is 0 Å². The number of carbonyl (C=O) groups is 2. The second-order valence-corrected chi connectivity index (χ2v) is 7.98. The molecule has 2 amide bonds. The van der Waals surface area contributed by atoms with Crippen LogP contribution in [0.2, 0.25) is 0 Å². The SMILES string of the molecule is CC(C)N(C)C(=O)C[C@@H]1C(=O)NCCN1CC(c1ccccc1)c1ccccc1. The van der Waals surface area contributed by atoms with Crippen molar-refractivity contribution < 1.29 is 9.59 Å². The molecule has 1 aliphatic heterocycles. The van der Waals surface area contributed by atoms with Gasteiger partial charge in [-0.25, -0.2) is 0 Å². The van der Waals surface area contributed by atoms with Crippen molar-refractivity contribution >= 4 is 11.8 Å². The molecule has 1 N–H and O–H groups in total. The van der Waals surface area contributed by atoms with E-state index < -0.39 is 6.04 Å². The van der Waals surface area contributed by atoms with Crippen LogP contribution >= 0.6 is 0 Å². The molecular weight excluding hydrogens is 362 g/mol. The molecule has 2 aromatic carbocycles. The highest BCUT2D eigenvalue weighted by Crippen LogP contribution is 2.27. The molecule has 3 rings (SSSR count). The molecule has 5 heteroatoms. The average Bonchev–Trinajstić information content (AvgIpc) is 2.74. The third-order valence-electron chi connectivity index (χ3n) is 5.80. The molecule has 0 saturated carbocycles. The Balaban J connectivity index is 1.84. The molecule has 0 aliphatic carbocycles. The van der Waals surface area contributed by atoms with E-state index in [1.165, 1.54) is 11.1 Å². The Kier molecular flexibility index (Phi) is 7.04. The number of nitrogens with zero attached hydrogens (tertiary/aromatic N) is 2. The van der Waals surface area contributed by atoms with Gasteiger partial charge >= 0.3 is 0 Å². The van der Waals surface area contributed by atoms with Crippen molar-refractivity contribution in [1.29, 1.82) is 0 Å². The monoisotopic (exact) mass is 393 g/mol. The minimum atomic E-state index is -0.438. The molecule has 154 valence electrons. The van der Waals surface area contributed by atoms with Crippen LogP contribution in [0.5, 0.6) is 0 Å². The molecular formula is C24H31N3O2. The minimum absolute atomic E-state index is 0.00280. The number of hydrogen-bond donors (Lipinski definition) is 1. The summed E-state index contributed by atoms with van der Waals surface area (Å²) in [7, 11) is 1.80. The molecule has 29 heavy (non-hydrogen) atoms. The molecule has 1 heterocycles. The second-order valence-electron chi connectivity index (χ2n) is 7.98. The van der Waals surface area contributed by atoms with Crippen LogP contribution in [-0.4, -0.2) is 60.4 Å². The summed E-state index contributed by atoms with van der Waals surface area (Å²) in [5.41, 5.74) is 2.43. The zero-order chi connectivity index (χ0) is 20.8. The molecule has 0 unspecified atom stereocenters. The Morgan fingerprint density at radius 1 is 1.07 bits per heavy atom. The van der Waals surface area contributed by atoms with Crippen molar-refractivity contribution in [3.8, 4) is 0 Å². The smallest absolute Gasteiger partial charge is 0.237 e. The predicted molar refractivity (Wildman–Crippen MR) is 116 cm³/mol. The highest BCUT2D eigenvalue weighted by molar-refractivity contribution is 5.88. The second kappa shape index (κ2) is 9.70. The quantitative estimate of drug-likeness (QED) is 0.787. The van der Waals surface area contributed by atoms with Gasteiger partial charge in [-0.3, -0.25) is 14.5 Å². The van der Waals surface area contributed by atoms with Crippen LogP contribution in [0.4, 0.5) is 0 Å². The van der Waals surface area contributed by atoms with Gasteiger partial charge in [-0.05, 0) is 25.0 Å². The fraction of sp³-hybridized carbons (Fsp3) is 0.417. The van der Waals surface area contributed by atoms with Crippen LogP contribution in [0.3, 0.4) is 0 Å². The summed E-state index contributed by atoms with van der Waals surface area (Å²) >= 11 is 0. The van der Waals surface area contributed by atoms with Gasteiger partial charge in [-0.15, -0.1) is 0 Å². The lowest BCUT2D eigenvalue weighted by Crippen LogP contribution is -2.57. The van der Waals surface area contributed by atoms with E-state index in [1.807, 2.05) is 50.2 Å². The first-order valence-corrected chi connectivity index (χ1v) is 10.3. The molecule has 0 aromatic heterocycles. The molecule has 0 spiro atoms. The van der Waals surface area contributed by atoms with Crippen molar-refractivity contribution in [2.45, 2.75) is 38.3 Å². The fourth-order valence-electron chi connectivity index (χ4n) is 3.81. The number of carbonyl (C=O) groups excluding carboxylic acids is 2. The number of rotatable bonds is 7. The summed E-state index contributed by atoms with van der Waals surface area (Å²) in [6.07, 6.45) is 0.205. The van der Waals surface area contributed by atoms with Gasteiger partial charge in [-0.2, -0.15) is 0 Å². The topological polar surface area (TPSA) is 52.7 Å². The van der Waals surface area contributed by atoms with Crippen molar-refractivity contribution in [3.05, 3.63) is 71.8 Å². The Labute approximate surface area is 173 Å². The van der Waals surface area contributed by atoms with Crippen molar-refractivity contribution in [2.24, 2.45) is 0 Å². The van der Waals surface area contributed by atoms with Gasteiger partial charge in [0.1, 0.15) is 0 Å². The van der Waals surface area contributed by atoms with Gasteiger partial charge < -0.3 is 10.2 Å². The molecule has 5 nitrogen and oxygen atoms in total. The first-order valence-electron chi connectivity index (χ1n) is 10.3. The van der Waals surface area contributed by atoms with Crippen LogP contribution < -0.4 is 5.32 Å². The van der Waals surface area contributed by atoms with Gasteiger partial charge in [0.15, 0.2) is 0 Å². The molecule has 0 radical (unpaired) electrons. The van der Waals surface area contributed by atoms with E-state index >= 15 is 0 Å². The average molecular weight is 394 g/mol. The van der Waals surface area contributed by atoms with E-state index in [0.717, 1.165) is 6.54 Å². The first kappa shape index (κ1) is 21.1. The number of piperazine rings is 1. The summed E-state index contributed by atoms with van der Waals surface area (Å²) < 4.78 is 0. The number of hydrogen-bond acceptors (Lipinski definition) is 3. The largest absolute Gasteiger partial charge is 0.353 e. The van der Waals surface area contributed by atoms with Crippen LogP contribution in [0.25, 0.3) is 0 Å². The molecule has 1 aliphatic rings. The number of amides is 2. The van der Waals surface area contributed by atoms with Gasteiger partial charge in [0.05, 0.1) is 12.5 Å². The zero-order valence-corrected chi connectivity index (χ0v) is 17.5. The van der Waals surface area contributed by atoms with Crippen LogP contribution in [0, 0.1) is 0 Å². The molecule has 1 fully saturated rings. The molecule has 0 bridgehead atoms.